The predicted molar refractivity (Wildman–Crippen MR) is 80.7 cm³/mol. The highest BCUT2D eigenvalue weighted by Gasteiger charge is 2.16. The van der Waals surface area contributed by atoms with Crippen molar-refractivity contribution in [3.8, 4) is 0 Å². The van der Waals surface area contributed by atoms with Crippen molar-refractivity contribution in [2.45, 2.75) is 58.8 Å². The summed E-state index contributed by atoms with van der Waals surface area (Å²) in [5, 5.41) is 4.42. The lowest BCUT2D eigenvalue weighted by Crippen LogP contribution is -2.33. The van der Waals surface area contributed by atoms with Gasteiger partial charge in [0, 0.05) is 32.3 Å². The molecule has 112 valence electrons. The van der Waals surface area contributed by atoms with Gasteiger partial charge in [-0.3, -0.25) is 9.48 Å². The monoisotopic (exact) mass is 277 g/mol. The fraction of sp³-hybridized carbons (Fsp3) is 0.750. The number of amides is 1. The molecule has 0 aromatic carbocycles. The summed E-state index contributed by atoms with van der Waals surface area (Å²) >= 11 is 0. The van der Waals surface area contributed by atoms with Crippen LogP contribution in [0.3, 0.4) is 0 Å². The molecule has 2 rings (SSSR count). The predicted octanol–water partition coefficient (Wildman–Crippen LogP) is 2.76. The zero-order valence-corrected chi connectivity index (χ0v) is 13.1. The van der Waals surface area contributed by atoms with Gasteiger partial charge in [0.05, 0.1) is 5.69 Å². The third-order valence-corrected chi connectivity index (χ3v) is 4.46. The van der Waals surface area contributed by atoms with E-state index < -0.39 is 0 Å². The molecule has 1 saturated heterocycles. The molecule has 1 fully saturated rings. The topological polar surface area (TPSA) is 38.1 Å². The zero-order valence-electron chi connectivity index (χ0n) is 13.1. The molecule has 0 aliphatic carbocycles. The lowest BCUT2D eigenvalue weighted by Gasteiger charge is -2.24. The second kappa shape index (κ2) is 6.91. The summed E-state index contributed by atoms with van der Waals surface area (Å²) in [6, 6.07) is 0. The molecule has 1 aliphatic rings. The second-order valence-electron chi connectivity index (χ2n) is 5.92. The number of rotatable bonds is 3. The number of nitrogens with zero attached hydrogens (tertiary/aromatic N) is 3. The number of likely N-dealkylation sites (tertiary alicyclic amines) is 1. The van der Waals surface area contributed by atoms with Gasteiger partial charge in [-0.2, -0.15) is 5.10 Å². The Hall–Kier alpha value is -1.32. The first kappa shape index (κ1) is 15.1. The van der Waals surface area contributed by atoms with E-state index in [-0.39, 0.29) is 0 Å². The second-order valence-corrected chi connectivity index (χ2v) is 5.92. The van der Waals surface area contributed by atoms with E-state index >= 15 is 0 Å². The van der Waals surface area contributed by atoms with E-state index in [0.29, 0.717) is 12.3 Å². The van der Waals surface area contributed by atoms with E-state index in [4.69, 9.17) is 0 Å². The molecule has 1 amide bonds. The SMILES string of the molecule is Cc1nn(C)c(C)c1CCC(=O)N1CCCCCCC1. The molecule has 0 bridgehead atoms. The number of hydrogen-bond acceptors (Lipinski definition) is 2. The summed E-state index contributed by atoms with van der Waals surface area (Å²) in [6.07, 6.45) is 7.63. The summed E-state index contributed by atoms with van der Waals surface area (Å²) in [6.45, 7) is 6.01. The first-order valence-corrected chi connectivity index (χ1v) is 7.86. The van der Waals surface area contributed by atoms with Crippen molar-refractivity contribution in [3.63, 3.8) is 0 Å². The number of aryl methyl sites for hydroxylation is 2. The van der Waals surface area contributed by atoms with Crippen LogP contribution in [-0.2, 0) is 18.3 Å². The number of carbonyl (C=O) groups is 1. The van der Waals surface area contributed by atoms with Gasteiger partial charge in [-0.05, 0) is 38.7 Å². The van der Waals surface area contributed by atoms with Crippen molar-refractivity contribution in [2.75, 3.05) is 13.1 Å². The number of aromatic nitrogens is 2. The first-order chi connectivity index (χ1) is 9.59. The lowest BCUT2D eigenvalue weighted by atomic mass is 10.1. The van der Waals surface area contributed by atoms with Gasteiger partial charge in [-0.1, -0.05) is 19.3 Å². The Morgan fingerprint density at radius 2 is 1.70 bits per heavy atom. The van der Waals surface area contributed by atoms with Crippen LogP contribution in [-0.4, -0.2) is 33.7 Å². The minimum Gasteiger partial charge on any atom is -0.343 e. The Morgan fingerprint density at radius 1 is 1.10 bits per heavy atom. The highest BCUT2D eigenvalue weighted by Crippen LogP contribution is 2.16. The maximum Gasteiger partial charge on any atom is 0.222 e. The Bertz CT molecular complexity index is 457. The zero-order chi connectivity index (χ0) is 14.5. The molecule has 0 radical (unpaired) electrons. The molecular formula is C16H27N3O. The number of hydrogen-bond donors (Lipinski definition) is 0. The highest BCUT2D eigenvalue weighted by molar-refractivity contribution is 5.76. The van der Waals surface area contributed by atoms with Crippen molar-refractivity contribution < 1.29 is 4.79 Å². The maximum atomic E-state index is 12.4. The molecule has 4 heteroatoms. The summed E-state index contributed by atoms with van der Waals surface area (Å²) in [5.74, 6) is 0.314. The Balaban J connectivity index is 1.90. The van der Waals surface area contributed by atoms with Crippen molar-refractivity contribution in [3.05, 3.63) is 17.0 Å². The summed E-state index contributed by atoms with van der Waals surface area (Å²) in [5.41, 5.74) is 3.49. The van der Waals surface area contributed by atoms with Gasteiger partial charge in [0.25, 0.3) is 0 Å². The summed E-state index contributed by atoms with van der Waals surface area (Å²) in [4.78, 5) is 14.4. The molecule has 0 spiro atoms. The van der Waals surface area contributed by atoms with Gasteiger partial charge in [0.2, 0.25) is 5.91 Å². The normalized spacial score (nSPS) is 16.9. The molecule has 0 N–H and O–H groups in total. The van der Waals surface area contributed by atoms with Gasteiger partial charge in [-0.15, -0.1) is 0 Å². The molecule has 1 aromatic rings. The van der Waals surface area contributed by atoms with Crippen LogP contribution in [0.4, 0.5) is 0 Å². The van der Waals surface area contributed by atoms with Crippen LogP contribution in [0.2, 0.25) is 0 Å². The van der Waals surface area contributed by atoms with Crippen LogP contribution in [0.15, 0.2) is 0 Å². The third kappa shape index (κ3) is 3.62. The molecule has 1 aromatic heterocycles. The van der Waals surface area contributed by atoms with Gasteiger partial charge >= 0.3 is 0 Å². The highest BCUT2D eigenvalue weighted by atomic mass is 16.2. The Morgan fingerprint density at radius 3 is 2.25 bits per heavy atom. The van der Waals surface area contributed by atoms with E-state index in [1.807, 2.05) is 18.7 Å². The quantitative estimate of drug-likeness (QED) is 0.852. The van der Waals surface area contributed by atoms with Crippen LogP contribution >= 0.6 is 0 Å². The first-order valence-electron chi connectivity index (χ1n) is 7.86. The molecule has 20 heavy (non-hydrogen) atoms. The van der Waals surface area contributed by atoms with Crippen LogP contribution in [0.25, 0.3) is 0 Å². The van der Waals surface area contributed by atoms with E-state index in [0.717, 1.165) is 38.0 Å². The standard InChI is InChI=1S/C16H27N3O/c1-13-15(14(2)18(3)17-13)9-10-16(20)19-11-7-5-4-6-8-12-19/h4-12H2,1-3H3. The van der Waals surface area contributed by atoms with E-state index in [2.05, 4.69) is 16.9 Å². The largest absolute Gasteiger partial charge is 0.343 e. The summed E-state index contributed by atoms with van der Waals surface area (Å²) in [7, 11) is 1.96. The molecular weight excluding hydrogens is 250 g/mol. The molecule has 0 saturated carbocycles. The molecule has 0 atom stereocenters. The minimum absolute atomic E-state index is 0.314. The van der Waals surface area contributed by atoms with Crippen LogP contribution < -0.4 is 0 Å². The molecule has 1 aliphatic heterocycles. The van der Waals surface area contributed by atoms with Crippen LogP contribution in [0, 0.1) is 13.8 Å². The van der Waals surface area contributed by atoms with Gasteiger partial charge in [-0.25, -0.2) is 0 Å². The summed E-state index contributed by atoms with van der Waals surface area (Å²) < 4.78 is 1.91. The molecule has 4 nitrogen and oxygen atoms in total. The van der Waals surface area contributed by atoms with Crippen LogP contribution in [0.1, 0.15) is 55.5 Å². The maximum absolute atomic E-state index is 12.4. The van der Waals surface area contributed by atoms with Crippen molar-refractivity contribution in [1.82, 2.24) is 14.7 Å². The molecule has 2 heterocycles. The average molecular weight is 277 g/mol. The Kier molecular flexibility index (Phi) is 5.21. The fourth-order valence-electron chi connectivity index (χ4n) is 3.07. The lowest BCUT2D eigenvalue weighted by molar-refractivity contribution is -0.131. The van der Waals surface area contributed by atoms with E-state index in [9.17, 15) is 4.79 Å². The fourth-order valence-corrected chi connectivity index (χ4v) is 3.07. The number of carbonyl (C=O) groups excluding carboxylic acids is 1. The third-order valence-electron chi connectivity index (χ3n) is 4.46. The van der Waals surface area contributed by atoms with E-state index in [1.165, 1.54) is 30.5 Å². The molecule has 0 unspecified atom stereocenters. The van der Waals surface area contributed by atoms with Crippen molar-refractivity contribution in [2.24, 2.45) is 7.05 Å². The van der Waals surface area contributed by atoms with Gasteiger partial charge in [0.15, 0.2) is 0 Å². The van der Waals surface area contributed by atoms with Crippen LogP contribution in [0.5, 0.6) is 0 Å². The van der Waals surface area contributed by atoms with Crippen molar-refractivity contribution >= 4 is 5.91 Å². The average Bonchev–Trinajstić information content (AvgIpc) is 2.60. The van der Waals surface area contributed by atoms with Crippen molar-refractivity contribution in [1.29, 1.82) is 0 Å². The minimum atomic E-state index is 0.314. The van der Waals surface area contributed by atoms with Gasteiger partial charge < -0.3 is 4.90 Å². The van der Waals surface area contributed by atoms with E-state index in [1.54, 1.807) is 0 Å². The van der Waals surface area contributed by atoms with Gasteiger partial charge in [0.1, 0.15) is 0 Å². The Labute approximate surface area is 122 Å². The smallest absolute Gasteiger partial charge is 0.222 e.